The van der Waals surface area contributed by atoms with Crippen LogP contribution >= 0.6 is 0 Å². The number of ether oxygens (including phenoxy) is 1. The number of hydrogen-bond donors (Lipinski definition) is 2. The number of amides is 1. The van der Waals surface area contributed by atoms with Crippen LogP contribution in [0.1, 0.15) is 36.8 Å². The van der Waals surface area contributed by atoms with Crippen molar-refractivity contribution in [2.75, 3.05) is 25.5 Å². The quantitative estimate of drug-likeness (QED) is 0.558. The summed E-state index contributed by atoms with van der Waals surface area (Å²) in [6, 6.07) is 1.88. The Morgan fingerprint density at radius 2 is 2.32 bits per heavy atom. The number of hydrogen-bond acceptors (Lipinski definition) is 3. The average molecular weight is 265 g/mol. The highest BCUT2D eigenvalue weighted by atomic mass is 16.5. The molecule has 106 valence electrons. The van der Waals surface area contributed by atoms with Crippen LogP contribution in [-0.4, -0.2) is 30.2 Å². The first-order valence-corrected chi connectivity index (χ1v) is 6.50. The van der Waals surface area contributed by atoms with E-state index in [1.54, 1.807) is 18.3 Å². The van der Waals surface area contributed by atoms with E-state index in [9.17, 15) is 4.79 Å². The molecule has 0 aromatic carbocycles. The van der Waals surface area contributed by atoms with Crippen molar-refractivity contribution in [2.45, 2.75) is 26.3 Å². The summed E-state index contributed by atoms with van der Waals surface area (Å²) in [5, 5.41) is 2.82. The Morgan fingerprint density at radius 1 is 1.58 bits per heavy atom. The van der Waals surface area contributed by atoms with Crippen molar-refractivity contribution in [1.82, 2.24) is 9.88 Å². The minimum atomic E-state index is -0.127. The normalized spacial score (nSPS) is 10.7. The van der Waals surface area contributed by atoms with E-state index in [0.29, 0.717) is 31.1 Å². The molecule has 1 aromatic heterocycles. The lowest BCUT2D eigenvalue weighted by Crippen LogP contribution is -2.29. The van der Waals surface area contributed by atoms with E-state index in [1.165, 1.54) is 0 Å². The molecule has 5 heteroatoms. The van der Waals surface area contributed by atoms with E-state index in [1.807, 2.05) is 18.4 Å². The molecule has 19 heavy (non-hydrogen) atoms. The lowest BCUT2D eigenvalue weighted by atomic mass is 10.3. The fourth-order valence-electron chi connectivity index (χ4n) is 1.71. The van der Waals surface area contributed by atoms with E-state index in [4.69, 9.17) is 10.5 Å². The number of carbonyl (C=O) groups is 1. The number of nitrogens with two attached hydrogens (primary N) is 1. The number of nitrogen functional groups attached to an aromatic ring is 1. The molecule has 0 saturated carbocycles. The van der Waals surface area contributed by atoms with Gasteiger partial charge in [0.1, 0.15) is 5.69 Å². The molecule has 0 aliphatic heterocycles. The van der Waals surface area contributed by atoms with Gasteiger partial charge < -0.3 is 20.4 Å². The van der Waals surface area contributed by atoms with Gasteiger partial charge in [-0.3, -0.25) is 4.79 Å². The zero-order valence-electron chi connectivity index (χ0n) is 11.7. The maximum Gasteiger partial charge on any atom is 0.268 e. The van der Waals surface area contributed by atoms with Crippen molar-refractivity contribution in [3.63, 3.8) is 0 Å². The van der Waals surface area contributed by atoms with Gasteiger partial charge in [0.2, 0.25) is 0 Å². The van der Waals surface area contributed by atoms with Gasteiger partial charge in [-0.05, 0) is 26.3 Å². The molecule has 0 spiro atoms. The zero-order chi connectivity index (χ0) is 14.3. The van der Waals surface area contributed by atoms with Crippen LogP contribution in [0.4, 0.5) is 5.69 Å². The van der Waals surface area contributed by atoms with Crippen LogP contribution in [-0.2, 0) is 4.74 Å². The van der Waals surface area contributed by atoms with E-state index in [0.717, 1.165) is 6.42 Å². The number of carbonyl (C=O) groups excluding carboxylic acids is 1. The standard InChI is InChI=1S/C14H23N3O2/c1-4-5-7-19-8-6-16-14(18)13-9-12(15)10-17(13)11(2)3/h4,9-11H,1,5-8,15H2,2-3H3,(H,16,18). The molecule has 0 atom stereocenters. The van der Waals surface area contributed by atoms with Gasteiger partial charge in [0.15, 0.2) is 0 Å². The van der Waals surface area contributed by atoms with Crippen LogP contribution in [0.3, 0.4) is 0 Å². The number of nitrogens with zero attached hydrogens (tertiary/aromatic N) is 1. The monoisotopic (exact) mass is 265 g/mol. The molecule has 1 heterocycles. The number of nitrogens with one attached hydrogen (secondary N) is 1. The van der Waals surface area contributed by atoms with Crippen molar-refractivity contribution in [2.24, 2.45) is 0 Å². The molecule has 0 bridgehead atoms. The van der Waals surface area contributed by atoms with Gasteiger partial charge in [0.05, 0.1) is 18.9 Å². The molecule has 0 unspecified atom stereocenters. The van der Waals surface area contributed by atoms with Gasteiger partial charge in [0.25, 0.3) is 5.91 Å². The predicted molar refractivity (Wildman–Crippen MR) is 77.2 cm³/mol. The lowest BCUT2D eigenvalue weighted by Gasteiger charge is -2.12. The Hall–Kier alpha value is -1.75. The topological polar surface area (TPSA) is 69.3 Å². The molecular weight excluding hydrogens is 242 g/mol. The van der Waals surface area contributed by atoms with Crippen LogP contribution in [0.5, 0.6) is 0 Å². The molecular formula is C14H23N3O2. The molecule has 1 amide bonds. The van der Waals surface area contributed by atoms with Crippen molar-refractivity contribution < 1.29 is 9.53 Å². The minimum Gasteiger partial charge on any atom is -0.397 e. The number of rotatable bonds is 8. The summed E-state index contributed by atoms with van der Waals surface area (Å²) in [6.45, 7) is 9.24. The van der Waals surface area contributed by atoms with Crippen LogP contribution in [0, 0.1) is 0 Å². The highest BCUT2D eigenvalue weighted by molar-refractivity contribution is 5.93. The molecule has 0 fully saturated rings. The molecule has 3 N–H and O–H groups in total. The van der Waals surface area contributed by atoms with Crippen molar-refractivity contribution in [3.05, 3.63) is 30.6 Å². The van der Waals surface area contributed by atoms with E-state index in [2.05, 4.69) is 11.9 Å². The summed E-state index contributed by atoms with van der Waals surface area (Å²) in [4.78, 5) is 12.0. The smallest absolute Gasteiger partial charge is 0.268 e. The Kier molecular flexibility index (Phi) is 6.15. The summed E-state index contributed by atoms with van der Waals surface area (Å²) in [7, 11) is 0. The molecule has 5 nitrogen and oxygen atoms in total. The second-order valence-electron chi connectivity index (χ2n) is 4.61. The van der Waals surface area contributed by atoms with Crippen molar-refractivity contribution >= 4 is 11.6 Å². The number of aromatic nitrogens is 1. The maximum atomic E-state index is 12.0. The fraction of sp³-hybridized carbons (Fsp3) is 0.500. The molecule has 1 rings (SSSR count). The summed E-state index contributed by atoms with van der Waals surface area (Å²) in [5.41, 5.74) is 6.91. The Bertz CT molecular complexity index is 424. The molecule has 1 aromatic rings. The maximum absolute atomic E-state index is 12.0. The highest BCUT2D eigenvalue weighted by Crippen LogP contribution is 2.16. The molecule has 0 aliphatic rings. The van der Waals surface area contributed by atoms with Crippen LogP contribution < -0.4 is 11.1 Å². The van der Waals surface area contributed by atoms with Gasteiger partial charge in [-0.1, -0.05) is 6.08 Å². The second-order valence-corrected chi connectivity index (χ2v) is 4.61. The van der Waals surface area contributed by atoms with Crippen LogP contribution in [0.2, 0.25) is 0 Å². The van der Waals surface area contributed by atoms with Crippen molar-refractivity contribution in [1.29, 1.82) is 0 Å². The highest BCUT2D eigenvalue weighted by Gasteiger charge is 2.14. The SMILES string of the molecule is C=CCCOCCNC(=O)c1cc(N)cn1C(C)C. The van der Waals surface area contributed by atoms with Gasteiger partial charge >= 0.3 is 0 Å². The van der Waals surface area contributed by atoms with Crippen molar-refractivity contribution in [3.8, 4) is 0 Å². The summed E-state index contributed by atoms with van der Waals surface area (Å²) in [6.07, 6.45) is 4.40. The van der Waals surface area contributed by atoms with Gasteiger partial charge in [0, 0.05) is 18.8 Å². The summed E-state index contributed by atoms with van der Waals surface area (Å²) in [5.74, 6) is -0.127. The first-order valence-electron chi connectivity index (χ1n) is 6.50. The largest absolute Gasteiger partial charge is 0.397 e. The Balaban J connectivity index is 2.43. The van der Waals surface area contributed by atoms with E-state index >= 15 is 0 Å². The second kappa shape index (κ2) is 7.63. The molecule has 0 aliphatic carbocycles. The fourth-order valence-corrected chi connectivity index (χ4v) is 1.71. The Labute approximate surface area is 114 Å². The van der Waals surface area contributed by atoms with E-state index in [-0.39, 0.29) is 11.9 Å². The third kappa shape index (κ3) is 4.79. The van der Waals surface area contributed by atoms with E-state index < -0.39 is 0 Å². The van der Waals surface area contributed by atoms with Gasteiger partial charge in [-0.25, -0.2) is 0 Å². The predicted octanol–water partition coefficient (Wildman–Crippen LogP) is 1.97. The summed E-state index contributed by atoms with van der Waals surface area (Å²) < 4.78 is 7.19. The van der Waals surface area contributed by atoms with Crippen LogP contribution in [0.25, 0.3) is 0 Å². The third-order valence-electron chi connectivity index (χ3n) is 2.66. The third-order valence-corrected chi connectivity index (χ3v) is 2.66. The first-order chi connectivity index (χ1) is 9.06. The minimum absolute atomic E-state index is 0.127. The Morgan fingerprint density at radius 3 is 2.95 bits per heavy atom. The lowest BCUT2D eigenvalue weighted by molar-refractivity contribution is 0.0907. The van der Waals surface area contributed by atoms with Gasteiger partial charge in [-0.15, -0.1) is 6.58 Å². The first kappa shape index (κ1) is 15.3. The van der Waals surface area contributed by atoms with Crippen LogP contribution in [0.15, 0.2) is 24.9 Å². The molecule has 0 radical (unpaired) electrons. The number of anilines is 1. The summed E-state index contributed by atoms with van der Waals surface area (Å²) >= 11 is 0. The molecule has 0 saturated heterocycles. The average Bonchev–Trinajstić information content (AvgIpc) is 2.76. The van der Waals surface area contributed by atoms with Gasteiger partial charge in [-0.2, -0.15) is 0 Å². The zero-order valence-corrected chi connectivity index (χ0v) is 11.7.